The number of nitro benzene ring substituents is 1. The number of hydrogen-bond donors (Lipinski definition) is 1. The third kappa shape index (κ3) is 3.50. The molecule has 28 heavy (non-hydrogen) atoms. The molecule has 1 heterocycles. The van der Waals surface area contributed by atoms with Gasteiger partial charge in [0.1, 0.15) is 5.69 Å². The Morgan fingerprint density at radius 3 is 2.39 bits per heavy atom. The monoisotopic (exact) mass is 401 g/mol. The average molecular weight is 401 g/mol. The van der Waals surface area contributed by atoms with Crippen LogP contribution >= 0.6 is 7.60 Å². The predicted molar refractivity (Wildman–Crippen MR) is 102 cm³/mol. The van der Waals surface area contributed by atoms with Crippen LogP contribution in [0.3, 0.4) is 0 Å². The molecular weight excluding hydrogens is 385 g/mol. The fraction of sp³-hybridized carbons (Fsp3) is 0.111. The van der Waals surface area contributed by atoms with Crippen LogP contribution < -0.4 is 5.44 Å². The fourth-order valence-corrected chi connectivity index (χ4v) is 3.92. The van der Waals surface area contributed by atoms with Gasteiger partial charge in [-0.1, -0.05) is 42.5 Å². The van der Waals surface area contributed by atoms with Crippen LogP contribution in [-0.4, -0.2) is 35.1 Å². The standard InChI is InChI=1S/C18H16N3O6P/c1-26-28(25,27-2)18-15(13-9-6-10-14(11-13)21(23)24)16(19-20-18)17(22)12-7-4-3-5-8-12/h3-11H,1-2H3,(H,19,20). The van der Waals surface area contributed by atoms with E-state index in [4.69, 9.17) is 9.05 Å². The zero-order chi connectivity index (χ0) is 20.3. The zero-order valence-corrected chi connectivity index (χ0v) is 15.9. The largest absolute Gasteiger partial charge is 0.379 e. The summed E-state index contributed by atoms with van der Waals surface area (Å²) in [5.74, 6) is -0.441. The van der Waals surface area contributed by atoms with Gasteiger partial charge in [0.05, 0.1) is 4.92 Å². The van der Waals surface area contributed by atoms with Crippen molar-refractivity contribution in [3.8, 4) is 11.1 Å². The first-order valence-electron chi connectivity index (χ1n) is 8.06. The molecular formula is C18H16N3O6P. The Morgan fingerprint density at radius 1 is 1.11 bits per heavy atom. The second-order valence-electron chi connectivity index (χ2n) is 5.66. The summed E-state index contributed by atoms with van der Waals surface area (Å²) in [4.78, 5) is 23.6. The Balaban J connectivity index is 2.27. The van der Waals surface area contributed by atoms with Gasteiger partial charge in [0.2, 0.25) is 5.78 Å². The number of carbonyl (C=O) groups excluding carboxylic acids is 1. The van der Waals surface area contributed by atoms with Gasteiger partial charge >= 0.3 is 7.60 Å². The number of H-pyrrole nitrogens is 1. The second kappa shape index (κ2) is 7.85. The maximum atomic E-state index is 13.0. The molecule has 144 valence electrons. The Bertz CT molecular complexity index is 1070. The maximum absolute atomic E-state index is 13.0. The second-order valence-corrected chi connectivity index (χ2v) is 7.83. The molecule has 0 unspecified atom stereocenters. The highest BCUT2D eigenvalue weighted by atomic mass is 31.2. The van der Waals surface area contributed by atoms with Crippen molar-refractivity contribution >= 4 is 24.5 Å². The molecule has 0 atom stereocenters. The lowest BCUT2D eigenvalue weighted by Gasteiger charge is -2.14. The molecule has 0 spiro atoms. The lowest BCUT2D eigenvalue weighted by molar-refractivity contribution is -0.384. The van der Waals surface area contributed by atoms with E-state index in [1.54, 1.807) is 36.4 Å². The van der Waals surface area contributed by atoms with Crippen molar-refractivity contribution in [1.29, 1.82) is 0 Å². The minimum atomic E-state index is -3.83. The summed E-state index contributed by atoms with van der Waals surface area (Å²) >= 11 is 0. The molecule has 3 rings (SSSR count). The van der Waals surface area contributed by atoms with Crippen molar-refractivity contribution < 1.29 is 23.3 Å². The van der Waals surface area contributed by atoms with Crippen molar-refractivity contribution in [2.75, 3.05) is 14.2 Å². The van der Waals surface area contributed by atoms with Gasteiger partial charge < -0.3 is 9.05 Å². The number of rotatable bonds is 7. The molecule has 1 N–H and O–H groups in total. The third-order valence-electron chi connectivity index (χ3n) is 4.10. The van der Waals surface area contributed by atoms with Crippen molar-refractivity contribution in [3.63, 3.8) is 0 Å². The number of benzene rings is 2. The van der Waals surface area contributed by atoms with Gasteiger partial charge in [-0.25, -0.2) is 0 Å². The van der Waals surface area contributed by atoms with E-state index in [-0.39, 0.29) is 27.9 Å². The fourth-order valence-electron chi connectivity index (χ4n) is 2.73. The van der Waals surface area contributed by atoms with Gasteiger partial charge in [0.15, 0.2) is 5.44 Å². The quantitative estimate of drug-likeness (QED) is 0.279. The van der Waals surface area contributed by atoms with E-state index in [0.29, 0.717) is 5.56 Å². The lowest BCUT2D eigenvalue weighted by Crippen LogP contribution is -2.13. The minimum Gasteiger partial charge on any atom is -0.308 e. The summed E-state index contributed by atoms with van der Waals surface area (Å²) in [6.45, 7) is 0. The Kier molecular flexibility index (Phi) is 5.51. The number of carbonyl (C=O) groups is 1. The normalized spacial score (nSPS) is 11.4. The first-order valence-corrected chi connectivity index (χ1v) is 9.60. The minimum absolute atomic E-state index is 0.0453. The number of aromatic amines is 1. The molecule has 1 aromatic heterocycles. The molecule has 9 nitrogen and oxygen atoms in total. The van der Waals surface area contributed by atoms with Crippen LogP contribution in [0, 0.1) is 10.1 Å². The van der Waals surface area contributed by atoms with Crippen molar-refractivity contribution in [2.45, 2.75) is 0 Å². The van der Waals surface area contributed by atoms with Crippen LogP contribution in [0.15, 0.2) is 54.6 Å². The van der Waals surface area contributed by atoms with Gasteiger partial charge in [0, 0.05) is 37.5 Å². The number of aromatic nitrogens is 2. The predicted octanol–water partition coefficient (Wildman–Crippen LogP) is 3.33. The summed E-state index contributed by atoms with van der Waals surface area (Å²) in [6, 6.07) is 14.0. The number of hydrogen-bond acceptors (Lipinski definition) is 7. The summed E-state index contributed by atoms with van der Waals surface area (Å²) in [7, 11) is -1.44. The van der Waals surface area contributed by atoms with Crippen LogP contribution in [0.2, 0.25) is 0 Å². The third-order valence-corrected chi connectivity index (χ3v) is 5.93. The lowest BCUT2D eigenvalue weighted by atomic mass is 10.0. The molecule has 3 aromatic rings. The van der Waals surface area contributed by atoms with Crippen LogP contribution in [0.1, 0.15) is 16.1 Å². The molecule has 0 radical (unpaired) electrons. The van der Waals surface area contributed by atoms with E-state index in [9.17, 15) is 19.5 Å². The van der Waals surface area contributed by atoms with Crippen LogP contribution in [-0.2, 0) is 13.6 Å². The Labute approximate surface area is 160 Å². The number of nitrogens with one attached hydrogen (secondary N) is 1. The van der Waals surface area contributed by atoms with Crippen molar-refractivity contribution in [3.05, 3.63) is 76.0 Å². The maximum Gasteiger partial charge on any atom is 0.379 e. The highest BCUT2D eigenvalue weighted by molar-refractivity contribution is 7.62. The molecule has 2 aromatic carbocycles. The highest BCUT2D eigenvalue weighted by Crippen LogP contribution is 2.47. The molecule has 0 aliphatic heterocycles. The summed E-state index contributed by atoms with van der Waals surface area (Å²) < 4.78 is 23.0. The topological polar surface area (TPSA) is 124 Å². The summed E-state index contributed by atoms with van der Waals surface area (Å²) in [5, 5.41) is 17.8. The van der Waals surface area contributed by atoms with E-state index < -0.39 is 18.3 Å². The van der Waals surface area contributed by atoms with Gasteiger partial charge in [-0.05, 0) is 5.56 Å². The first-order chi connectivity index (χ1) is 13.4. The van der Waals surface area contributed by atoms with E-state index in [2.05, 4.69) is 10.2 Å². The molecule has 0 aliphatic rings. The molecule has 0 saturated carbocycles. The van der Waals surface area contributed by atoms with Gasteiger partial charge in [-0.3, -0.25) is 24.6 Å². The SMILES string of the molecule is COP(=O)(OC)c1[nH]nc(C(=O)c2ccccc2)c1-c1cccc([N+](=O)[O-])c1. The summed E-state index contributed by atoms with van der Waals surface area (Å²) in [6.07, 6.45) is 0. The molecule has 0 amide bonds. The zero-order valence-electron chi connectivity index (χ0n) is 15.0. The van der Waals surface area contributed by atoms with E-state index >= 15 is 0 Å². The highest BCUT2D eigenvalue weighted by Gasteiger charge is 2.35. The van der Waals surface area contributed by atoms with E-state index in [1.807, 2.05) is 0 Å². The Hall–Kier alpha value is -3.13. The summed E-state index contributed by atoms with van der Waals surface area (Å²) in [5.41, 5.74) is 0.480. The van der Waals surface area contributed by atoms with Crippen molar-refractivity contribution in [1.82, 2.24) is 10.2 Å². The van der Waals surface area contributed by atoms with Crippen LogP contribution in [0.4, 0.5) is 5.69 Å². The van der Waals surface area contributed by atoms with Gasteiger partial charge in [-0.15, -0.1) is 0 Å². The number of nitro groups is 1. The molecule has 10 heteroatoms. The smallest absolute Gasteiger partial charge is 0.308 e. The number of ketones is 1. The van der Waals surface area contributed by atoms with Crippen LogP contribution in [0.25, 0.3) is 11.1 Å². The van der Waals surface area contributed by atoms with Gasteiger partial charge in [-0.2, -0.15) is 5.10 Å². The Morgan fingerprint density at radius 2 is 1.79 bits per heavy atom. The molecule has 0 aliphatic carbocycles. The number of non-ortho nitro benzene ring substituents is 1. The number of nitrogens with zero attached hydrogens (tertiary/aromatic N) is 2. The molecule has 0 fully saturated rings. The molecule has 0 bridgehead atoms. The van der Waals surface area contributed by atoms with Crippen LogP contribution in [0.5, 0.6) is 0 Å². The van der Waals surface area contributed by atoms with Gasteiger partial charge in [0.25, 0.3) is 5.69 Å². The average Bonchev–Trinajstić information content (AvgIpc) is 3.19. The van der Waals surface area contributed by atoms with Crippen molar-refractivity contribution in [2.24, 2.45) is 0 Å². The van der Waals surface area contributed by atoms with E-state index in [1.165, 1.54) is 32.4 Å². The first kappa shape index (κ1) is 19.6. The molecule has 0 saturated heterocycles. The van der Waals surface area contributed by atoms with E-state index in [0.717, 1.165) is 0 Å².